The molecule has 2 aromatic heterocycles. The first-order chi connectivity index (χ1) is 12.9. The molecule has 3 aromatic rings. The summed E-state index contributed by atoms with van der Waals surface area (Å²) in [6.45, 7) is 3.93. The van der Waals surface area contributed by atoms with Gasteiger partial charge in [0.15, 0.2) is 0 Å². The van der Waals surface area contributed by atoms with Crippen LogP contribution >= 0.6 is 11.6 Å². The number of aromatic nitrogens is 3. The van der Waals surface area contributed by atoms with E-state index in [1.807, 2.05) is 32.0 Å². The van der Waals surface area contributed by atoms with Gasteiger partial charge in [-0.2, -0.15) is 4.98 Å². The third-order valence-electron chi connectivity index (χ3n) is 3.49. The number of halogens is 1. The molecule has 0 aliphatic heterocycles. The van der Waals surface area contributed by atoms with Crippen LogP contribution < -0.4 is 10.6 Å². The Bertz CT molecular complexity index is 965. The van der Waals surface area contributed by atoms with Crippen LogP contribution in [0.25, 0.3) is 11.4 Å². The lowest BCUT2D eigenvalue weighted by Crippen LogP contribution is -2.13. The third kappa shape index (κ3) is 4.68. The van der Waals surface area contributed by atoms with Gasteiger partial charge in [0, 0.05) is 29.4 Å². The number of nitrogens with zero attached hydrogens (tertiary/aromatic N) is 4. The molecule has 27 heavy (non-hydrogen) atoms. The molecule has 0 bridgehead atoms. The summed E-state index contributed by atoms with van der Waals surface area (Å²) >= 11 is 6.00. The normalized spacial score (nSPS) is 10.7. The van der Waals surface area contributed by atoms with Crippen molar-refractivity contribution in [3.63, 3.8) is 0 Å². The Hall–Kier alpha value is -3.26. The molecule has 0 aliphatic carbocycles. The van der Waals surface area contributed by atoms with E-state index < -0.39 is 4.92 Å². The highest BCUT2D eigenvalue weighted by Gasteiger charge is 2.16. The quantitative estimate of drug-likeness (QED) is 0.470. The number of nitrogens with one attached hydrogen (secondary N) is 2. The molecule has 2 heterocycles. The molecule has 0 amide bonds. The van der Waals surface area contributed by atoms with E-state index in [4.69, 9.17) is 11.6 Å². The molecule has 0 spiro atoms. The zero-order valence-corrected chi connectivity index (χ0v) is 15.4. The molecule has 8 nitrogen and oxygen atoms in total. The van der Waals surface area contributed by atoms with Crippen molar-refractivity contribution in [1.82, 2.24) is 15.0 Å². The molecule has 0 saturated carbocycles. The van der Waals surface area contributed by atoms with Crippen molar-refractivity contribution >= 4 is 34.7 Å². The van der Waals surface area contributed by atoms with Crippen LogP contribution in [0, 0.1) is 10.1 Å². The maximum atomic E-state index is 11.3. The van der Waals surface area contributed by atoms with Gasteiger partial charge in [0.1, 0.15) is 11.5 Å². The predicted molar refractivity (Wildman–Crippen MR) is 105 cm³/mol. The molecule has 138 valence electrons. The lowest BCUT2D eigenvalue weighted by atomic mass is 10.2. The van der Waals surface area contributed by atoms with Gasteiger partial charge in [-0.25, -0.2) is 4.98 Å². The van der Waals surface area contributed by atoms with Gasteiger partial charge in [0.05, 0.1) is 16.3 Å². The van der Waals surface area contributed by atoms with Crippen molar-refractivity contribution in [2.75, 3.05) is 10.6 Å². The van der Waals surface area contributed by atoms with E-state index in [1.165, 1.54) is 18.2 Å². The van der Waals surface area contributed by atoms with Gasteiger partial charge < -0.3 is 10.6 Å². The van der Waals surface area contributed by atoms with Crippen molar-refractivity contribution in [3.8, 4) is 11.4 Å². The number of nitro benzene ring substituents is 1. The van der Waals surface area contributed by atoms with Crippen molar-refractivity contribution in [1.29, 1.82) is 0 Å². The first-order valence-electron chi connectivity index (χ1n) is 8.20. The zero-order valence-electron chi connectivity index (χ0n) is 14.7. The highest BCUT2D eigenvalue weighted by molar-refractivity contribution is 6.31. The number of hydrogen-bond donors (Lipinski definition) is 2. The van der Waals surface area contributed by atoms with Gasteiger partial charge in [0.2, 0.25) is 5.95 Å². The Morgan fingerprint density at radius 3 is 2.59 bits per heavy atom. The van der Waals surface area contributed by atoms with Gasteiger partial charge in [-0.3, -0.25) is 15.1 Å². The third-order valence-corrected chi connectivity index (χ3v) is 3.72. The maximum Gasteiger partial charge on any atom is 0.292 e. The summed E-state index contributed by atoms with van der Waals surface area (Å²) in [7, 11) is 0. The van der Waals surface area contributed by atoms with Crippen LogP contribution in [0.3, 0.4) is 0 Å². The minimum atomic E-state index is -0.479. The lowest BCUT2D eigenvalue weighted by Gasteiger charge is -2.13. The highest BCUT2D eigenvalue weighted by atomic mass is 35.5. The van der Waals surface area contributed by atoms with Crippen LogP contribution in [0.5, 0.6) is 0 Å². The predicted octanol–water partition coefficient (Wildman–Crippen LogP) is 4.66. The first-order valence-corrected chi connectivity index (χ1v) is 8.58. The molecule has 2 N–H and O–H groups in total. The Morgan fingerprint density at radius 2 is 1.93 bits per heavy atom. The van der Waals surface area contributed by atoms with E-state index in [-0.39, 0.29) is 17.4 Å². The largest absolute Gasteiger partial charge is 0.352 e. The lowest BCUT2D eigenvalue weighted by molar-refractivity contribution is -0.383. The molecule has 0 radical (unpaired) electrons. The second-order valence-electron chi connectivity index (χ2n) is 6.02. The number of benzene rings is 1. The second-order valence-corrected chi connectivity index (χ2v) is 6.46. The molecule has 0 saturated heterocycles. The smallest absolute Gasteiger partial charge is 0.292 e. The Morgan fingerprint density at radius 1 is 1.11 bits per heavy atom. The summed E-state index contributed by atoms with van der Waals surface area (Å²) < 4.78 is 0. The summed E-state index contributed by atoms with van der Waals surface area (Å²) in [4.78, 5) is 24.0. The standard InChI is InChI=1S/C18H17ClN6O2/c1-11(2)21-18-23-14(13-5-3-4-8-20-13)10-17(24-18)22-15-9-12(19)6-7-16(15)25(26)27/h3-11H,1-2H3,(H2,21,22,23,24). The first kappa shape index (κ1) is 18.5. The van der Waals surface area contributed by atoms with E-state index in [0.717, 1.165) is 0 Å². The Kier molecular flexibility index (Phi) is 5.46. The summed E-state index contributed by atoms with van der Waals surface area (Å²) in [5.41, 5.74) is 1.39. The molecule has 3 rings (SSSR count). The average molecular weight is 385 g/mol. The van der Waals surface area contributed by atoms with Gasteiger partial charge in [-0.1, -0.05) is 17.7 Å². The van der Waals surface area contributed by atoms with E-state index in [2.05, 4.69) is 25.6 Å². The van der Waals surface area contributed by atoms with Crippen LogP contribution in [-0.2, 0) is 0 Å². The van der Waals surface area contributed by atoms with Crippen molar-refractivity contribution < 1.29 is 4.92 Å². The van der Waals surface area contributed by atoms with Crippen molar-refractivity contribution in [2.24, 2.45) is 0 Å². The Balaban J connectivity index is 2.05. The molecule has 0 unspecified atom stereocenters. The Labute approximate surface area is 160 Å². The SMILES string of the molecule is CC(C)Nc1nc(Nc2cc(Cl)ccc2[N+](=O)[O-])cc(-c2ccccn2)n1. The van der Waals surface area contributed by atoms with E-state index in [0.29, 0.717) is 28.2 Å². The molecule has 0 atom stereocenters. The fourth-order valence-electron chi connectivity index (χ4n) is 2.39. The van der Waals surface area contributed by atoms with Gasteiger partial charge in [0.25, 0.3) is 5.69 Å². The van der Waals surface area contributed by atoms with Crippen LogP contribution in [0.2, 0.25) is 5.02 Å². The molecular formula is C18H17ClN6O2. The summed E-state index contributed by atoms with van der Waals surface area (Å²) in [5.74, 6) is 0.777. The monoisotopic (exact) mass is 384 g/mol. The minimum Gasteiger partial charge on any atom is -0.352 e. The maximum absolute atomic E-state index is 11.3. The number of anilines is 3. The van der Waals surface area contributed by atoms with Crippen LogP contribution in [0.1, 0.15) is 13.8 Å². The molecule has 0 fully saturated rings. The number of nitro groups is 1. The molecule has 1 aromatic carbocycles. The van der Waals surface area contributed by atoms with Crippen LogP contribution in [-0.4, -0.2) is 25.9 Å². The topological polar surface area (TPSA) is 106 Å². The zero-order chi connectivity index (χ0) is 19.4. The fraction of sp³-hybridized carbons (Fsp3) is 0.167. The van der Waals surface area contributed by atoms with Crippen LogP contribution in [0.4, 0.5) is 23.1 Å². The molecule has 0 aliphatic rings. The van der Waals surface area contributed by atoms with E-state index in [1.54, 1.807) is 12.3 Å². The summed E-state index contributed by atoms with van der Waals surface area (Å²) in [5, 5.41) is 17.8. The van der Waals surface area contributed by atoms with Crippen molar-refractivity contribution in [3.05, 3.63) is 63.8 Å². The fourth-order valence-corrected chi connectivity index (χ4v) is 2.56. The number of hydrogen-bond acceptors (Lipinski definition) is 7. The molecule has 9 heteroatoms. The second kappa shape index (κ2) is 7.96. The van der Waals surface area contributed by atoms with Gasteiger partial charge in [-0.15, -0.1) is 0 Å². The van der Waals surface area contributed by atoms with E-state index >= 15 is 0 Å². The van der Waals surface area contributed by atoms with Gasteiger partial charge >= 0.3 is 0 Å². The summed E-state index contributed by atoms with van der Waals surface area (Å²) in [6, 6.07) is 11.6. The highest BCUT2D eigenvalue weighted by Crippen LogP contribution is 2.31. The summed E-state index contributed by atoms with van der Waals surface area (Å²) in [6.07, 6.45) is 1.67. The minimum absolute atomic E-state index is 0.101. The van der Waals surface area contributed by atoms with Gasteiger partial charge in [-0.05, 0) is 38.1 Å². The van der Waals surface area contributed by atoms with Crippen LogP contribution in [0.15, 0.2) is 48.7 Å². The number of rotatable bonds is 6. The average Bonchev–Trinajstić information content (AvgIpc) is 2.61. The number of pyridine rings is 1. The molecular weight excluding hydrogens is 368 g/mol. The van der Waals surface area contributed by atoms with Crippen molar-refractivity contribution in [2.45, 2.75) is 19.9 Å². The van der Waals surface area contributed by atoms with E-state index in [9.17, 15) is 10.1 Å².